The van der Waals surface area contributed by atoms with Crippen LogP contribution in [0.1, 0.15) is 66.7 Å². The topological polar surface area (TPSA) is 59.0 Å². The van der Waals surface area contributed by atoms with Gasteiger partial charge in [0, 0.05) is 18.2 Å². The molecule has 3 aliphatic rings. The van der Waals surface area contributed by atoms with E-state index in [-0.39, 0.29) is 30.8 Å². The fourth-order valence-corrected chi connectivity index (χ4v) is 5.70. The van der Waals surface area contributed by atoms with E-state index in [1.54, 1.807) is 24.3 Å². The molecule has 2 aliphatic heterocycles. The lowest BCUT2D eigenvalue weighted by Crippen LogP contribution is -2.38. The number of carboxylic acid groups (broad SMARTS) is 1. The van der Waals surface area contributed by atoms with Crippen molar-refractivity contribution in [3.05, 3.63) is 64.2 Å². The molecule has 206 valence electrons. The van der Waals surface area contributed by atoms with Crippen LogP contribution in [-0.4, -0.2) is 42.2 Å². The third-order valence-electron chi connectivity index (χ3n) is 7.74. The van der Waals surface area contributed by atoms with E-state index in [2.05, 4.69) is 11.0 Å². The maximum Gasteiger partial charge on any atom is 0.416 e. The summed E-state index contributed by atoms with van der Waals surface area (Å²) in [4.78, 5) is 13.4. The molecule has 2 fully saturated rings. The summed E-state index contributed by atoms with van der Waals surface area (Å²) in [7, 11) is 0. The second-order valence-corrected chi connectivity index (χ2v) is 10.4. The minimum atomic E-state index is -4.39. The number of fused-ring (bicyclic) bond motifs is 1. The second-order valence-electron chi connectivity index (χ2n) is 10.4. The van der Waals surface area contributed by atoms with Gasteiger partial charge in [0.05, 0.1) is 11.5 Å². The van der Waals surface area contributed by atoms with E-state index in [9.17, 15) is 23.1 Å². The summed E-state index contributed by atoms with van der Waals surface area (Å²) in [5.41, 5.74) is 2.40. The number of ether oxygens (including phenoxy) is 2. The summed E-state index contributed by atoms with van der Waals surface area (Å²) in [5, 5.41) is 9.17. The van der Waals surface area contributed by atoms with Gasteiger partial charge in [-0.05, 0) is 85.7 Å². The van der Waals surface area contributed by atoms with Gasteiger partial charge in [0.25, 0.3) is 0 Å². The number of piperidine rings is 1. The monoisotopic (exact) mass is 551 g/mol. The van der Waals surface area contributed by atoms with Crippen LogP contribution in [0.25, 0.3) is 6.08 Å². The van der Waals surface area contributed by atoms with E-state index in [0.717, 1.165) is 56.5 Å². The summed E-state index contributed by atoms with van der Waals surface area (Å²) in [6, 6.07) is 10.1. The van der Waals surface area contributed by atoms with Crippen molar-refractivity contribution in [2.75, 3.05) is 26.2 Å². The molecular formula is C29H33ClF3NO4. The lowest BCUT2D eigenvalue weighted by molar-refractivity contribution is -0.143. The molecule has 5 rings (SSSR count). The van der Waals surface area contributed by atoms with Crippen molar-refractivity contribution in [1.29, 1.82) is 0 Å². The molecule has 0 unspecified atom stereocenters. The zero-order chi connectivity index (χ0) is 26.0. The van der Waals surface area contributed by atoms with E-state index in [4.69, 9.17) is 9.47 Å². The van der Waals surface area contributed by atoms with Crippen LogP contribution in [0.15, 0.2) is 42.0 Å². The number of hydrogen-bond acceptors (Lipinski definition) is 4. The van der Waals surface area contributed by atoms with Crippen LogP contribution in [0, 0.1) is 5.92 Å². The standard InChI is InChI=1S/C29H32F3NO4.ClH/c30-29(31,32)26-14-19(5-8-25(26)21-3-1-2-4-21)17-36-24-7-6-23-13-20(18-37-27(23)15-24)16-33-11-9-22(10-12-33)28(34)35;/h5-8,13-15,21-22H,1-4,9-12,16-18H2,(H,34,35);1H. The highest BCUT2D eigenvalue weighted by Crippen LogP contribution is 2.42. The van der Waals surface area contributed by atoms with Gasteiger partial charge in [-0.1, -0.05) is 25.0 Å². The van der Waals surface area contributed by atoms with Crippen molar-refractivity contribution in [2.24, 2.45) is 5.92 Å². The van der Waals surface area contributed by atoms with Gasteiger partial charge in [0.2, 0.25) is 0 Å². The molecule has 0 atom stereocenters. The Bertz CT molecular complexity index is 1170. The van der Waals surface area contributed by atoms with E-state index in [0.29, 0.717) is 42.1 Å². The summed E-state index contributed by atoms with van der Waals surface area (Å²) < 4.78 is 53.1. The van der Waals surface area contributed by atoms with Crippen molar-refractivity contribution in [1.82, 2.24) is 4.90 Å². The predicted molar refractivity (Wildman–Crippen MR) is 141 cm³/mol. The van der Waals surface area contributed by atoms with Crippen LogP contribution in [0.5, 0.6) is 11.5 Å². The van der Waals surface area contributed by atoms with Crippen LogP contribution < -0.4 is 9.47 Å². The molecule has 0 radical (unpaired) electrons. The third-order valence-corrected chi connectivity index (χ3v) is 7.74. The molecule has 2 aromatic carbocycles. The molecule has 2 heterocycles. The number of carbonyl (C=O) groups is 1. The summed E-state index contributed by atoms with van der Waals surface area (Å²) in [6.07, 6.45) is 2.61. The average Bonchev–Trinajstić information content (AvgIpc) is 3.42. The lowest BCUT2D eigenvalue weighted by atomic mass is 9.91. The SMILES string of the molecule is Cl.O=C(O)C1CCN(CC2=Cc3ccc(OCc4ccc(C5CCCC5)c(C(F)(F)F)c4)cc3OC2)CC1. The number of carboxylic acids is 1. The number of hydrogen-bond donors (Lipinski definition) is 1. The molecule has 1 aliphatic carbocycles. The molecular weight excluding hydrogens is 519 g/mol. The largest absolute Gasteiger partial charge is 0.489 e. The molecule has 2 aromatic rings. The minimum Gasteiger partial charge on any atom is -0.489 e. The van der Waals surface area contributed by atoms with E-state index < -0.39 is 17.7 Å². The predicted octanol–water partition coefficient (Wildman–Crippen LogP) is 6.94. The van der Waals surface area contributed by atoms with Crippen LogP contribution in [0.2, 0.25) is 0 Å². The Balaban J connectivity index is 0.00000336. The van der Waals surface area contributed by atoms with E-state index in [1.165, 1.54) is 6.07 Å². The zero-order valence-electron chi connectivity index (χ0n) is 21.1. The first kappa shape index (κ1) is 28.3. The van der Waals surface area contributed by atoms with Crippen molar-refractivity contribution in [3.8, 4) is 11.5 Å². The molecule has 0 aromatic heterocycles. The van der Waals surface area contributed by atoms with Gasteiger partial charge in [-0.15, -0.1) is 12.4 Å². The first-order valence-electron chi connectivity index (χ1n) is 13.0. The van der Waals surface area contributed by atoms with Gasteiger partial charge >= 0.3 is 12.1 Å². The third kappa shape index (κ3) is 6.64. The summed E-state index contributed by atoms with van der Waals surface area (Å²) in [6.45, 7) is 2.73. The number of halogens is 4. The average molecular weight is 552 g/mol. The Morgan fingerprint density at radius 1 is 1.05 bits per heavy atom. The molecule has 1 N–H and O–H groups in total. The Morgan fingerprint density at radius 2 is 1.79 bits per heavy atom. The highest BCUT2D eigenvalue weighted by Gasteiger charge is 2.36. The van der Waals surface area contributed by atoms with Gasteiger partial charge in [-0.3, -0.25) is 9.69 Å². The second kappa shape index (κ2) is 12.0. The first-order valence-corrected chi connectivity index (χ1v) is 13.0. The zero-order valence-corrected chi connectivity index (χ0v) is 22.0. The number of alkyl halides is 3. The number of aliphatic carboxylic acids is 1. The van der Waals surface area contributed by atoms with Crippen molar-refractivity contribution >= 4 is 24.5 Å². The molecule has 1 saturated heterocycles. The normalized spacial score (nSPS) is 18.8. The van der Waals surface area contributed by atoms with Crippen LogP contribution in [0.3, 0.4) is 0 Å². The Hall–Kier alpha value is -2.71. The Kier molecular flexibility index (Phi) is 8.93. The summed E-state index contributed by atoms with van der Waals surface area (Å²) in [5.74, 6) is 0.239. The Labute approximate surface area is 227 Å². The quantitative estimate of drug-likeness (QED) is 0.404. The summed E-state index contributed by atoms with van der Waals surface area (Å²) >= 11 is 0. The van der Waals surface area contributed by atoms with Crippen molar-refractivity contribution in [3.63, 3.8) is 0 Å². The van der Waals surface area contributed by atoms with E-state index >= 15 is 0 Å². The van der Waals surface area contributed by atoms with Crippen LogP contribution in [-0.2, 0) is 17.6 Å². The number of rotatable bonds is 7. The molecule has 0 bridgehead atoms. The molecule has 5 nitrogen and oxygen atoms in total. The first-order chi connectivity index (χ1) is 17.8. The number of nitrogens with zero attached hydrogens (tertiary/aromatic N) is 1. The molecule has 0 amide bonds. The van der Waals surface area contributed by atoms with Crippen LogP contribution >= 0.6 is 12.4 Å². The molecule has 9 heteroatoms. The smallest absolute Gasteiger partial charge is 0.416 e. The maximum absolute atomic E-state index is 13.8. The Morgan fingerprint density at radius 3 is 2.47 bits per heavy atom. The highest BCUT2D eigenvalue weighted by molar-refractivity contribution is 5.85. The minimum absolute atomic E-state index is 0. The van der Waals surface area contributed by atoms with Crippen molar-refractivity contribution < 1.29 is 32.5 Å². The van der Waals surface area contributed by atoms with Gasteiger partial charge in [0.1, 0.15) is 24.7 Å². The van der Waals surface area contributed by atoms with Crippen molar-refractivity contribution in [2.45, 2.75) is 57.2 Å². The fraction of sp³-hybridized carbons (Fsp3) is 0.483. The van der Waals surface area contributed by atoms with E-state index in [1.807, 2.05) is 6.07 Å². The van der Waals surface area contributed by atoms with Gasteiger partial charge in [-0.2, -0.15) is 13.2 Å². The van der Waals surface area contributed by atoms with Crippen LogP contribution in [0.4, 0.5) is 13.2 Å². The molecule has 38 heavy (non-hydrogen) atoms. The maximum atomic E-state index is 13.8. The molecule has 0 spiro atoms. The fourth-order valence-electron chi connectivity index (χ4n) is 5.70. The van der Waals surface area contributed by atoms with Gasteiger partial charge < -0.3 is 14.6 Å². The highest BCUT2D eigenvalue weighted by atomic mass is 35.5. The van der Waals surface area contributed by atoms with Gasteiger partial charge in [-0.25, -0.2) is 0 Å². The molecule has 1 saturated carbocycles. The van der Waals surface area contributed by atoms with Gasteiger partial charge in [0.15, 0.2) is 0 Å². The lowest BCUT2D eigenvalue weighted by Gasteiger charge is -2.31. The number of likely N-dealkylation sites (tertiary alicyclic amines) is 1. The number of benzene rings is 2.